The monoisotopic (exact) mass is 447 g/mol. The summed E-state index contributed by atoms with van der Waals surface area (Å²) in [5.74, 6) is -0.00308. The maximum atomic E-state index is 12.9. The lowest BCUT2D eigenvalue weighted by Gasteiger charge is -2.19. The van der Waals surface area contributed by atoms with Gasteiger partial charge in [-0.25, -0.2) is 12.8 Å². The number of hydrogen-bond acceptors (Lipinski definition) is 7. The van der Waals surface area contributed by atoms with Crippen molar-refractivity contribution in [2.45, 2.75) is 25.3 Å². The van der Waals surface area contributed by atoms with Gasteiger partial charge >= 0.3 is 0 Å². The van der Waals surface area contributed by atoms with Crippen LogP contribution in [0.15, 0.2) is 57.9 Å². The number of rotatable bonds is 8. The smallest absolute Gasteiger partial charge is 0.261 e. The van der Waals surface area contributed by atoms with Gasteiger partial charge < -0.3 is 15.6 Å². The summed E-state index contributed by atoms with van der Waals surface area (Å²) >= 11 is 0. The van der Waals surface area contributed by atoms with Crippen LogP contribution in [0.25, 0.3) is 11.4 Å². The number of anilines is 2. The first-order chi connectivity index (χ1) is 14.6. The Balaban J connectivity index is 1.75. The fourth-order valence-electron chi connectivity index (χ4n) is 2.45. The fraction of sp³-hybridized carbons (Fsp3) is 0.250. The highest BCUT2D eigenvalue weighted by molar-refractivity contribution is 7.92. The van der Waals surface area contributed by atoms with Crippen LogP contribution in [0.3, 0.4) is 0 Å². The second kappa shape index (κ2) is 8.82. The number of carbonyl (C=O) groups excluding carboxylic acids is 1. The van der Waals surface area contributed by atoms with Crippen LogP contribution in [-0.4, -0.2) is 31.1 Å². The van der Waals surface area contributed by atoms with E-state index in [2.05, 4.69) is 20.2 Å². The van der Waals surface area contributed by atoms with Crippen LogP contribution in [-0.2, 0) is 21.4 Å². The molecule has 9 nitrogen and oxygen atoms in total. The molecule has 11 heteroatoms. The normalized spacial score (nSPS) is 11.9. The Bertz CT molecular complexity index is 1180. The van der Waals surface area contributed by atoms with Gasteiger partial charge in [0.05, 0.1) is 16.9 Å². The maximum absolute atomic E-state index is 12.9. The molecular weight excluding hydrogens is 425 g/mol. The lowest BCUT2D eigenvalue weighted by Crippen LogP contribution is -2.32. The Morgan fingerprint density at radius 2 is 1.84 bits per heavy atom. The Kier molecular flexibility index (Phi) is 6.37. The van der Waals surface area contributed by atoms with E-state index in [0.29, 0.717) is 11.3 Å². The Labute approximate surface area is 178 Å². The van der Waals surface area contributed by atoms with Crippen molar-refractivity contribution in [2.75, 3.05) is 16.7 Å². The van der Waals surface area contributed by atoms with E-state index in [1.54, 1.807) is 12.1 Å². The Morgan fingerprint density at radius 1 is 1.16 bits per heavy atom. The van der Waals surface area contributed by atoms with Gasteiger partial charge in [-0.05, 0) is 50.2 Å². The van der Waals surface area contributed by atoms with E-state index < -0.39 is 28.0 Å². The van der Waals surface area contributed by atoms with Gasteiger partial charge in [-0.15, -0.1) is 0 Å². The largest absolute Gasteiger partial charge is 0.338 e. The average molecular weight is 447 g/mol. The molecule has 0 radical (unpaired) electrons. The molecule has 0 spiro atoms. The number of halogens is 1. The van der Waals surface area contributed by atoms with Crippen molar-refractivity contribution in [1.29, 1.82) is 0 Å². The van der Waals surface area contributed by atoms with E-state index >= 15 is 0 Å². The minimum absolute atomic E-state index is 0.00572. The summed E-state index contributed by atoms with van der Waals surface area (Å²) in [5.41, 5.74) is 5.46. The van der Waals surface area contributed by atoms with E-state index in [4.69, 9.17) is 10.3 Å². The van der Waals surface area contributed by atoms with E-state index in [-0.39, 0.29) is 28.8 Å². The molecular formula is C20H22FN5O4S. The first-order valence-corrected chi connectivity index (χ1v) is 10.8. The highest BCUT2D eigenvalue weighted by Gasteiger charge is 2.27. The second-order valence-electron chi connectivity index (χ2n) is 7.40. The molecule has 0 saturated heterocycles. The van der Waals surface area contributed by atoms with E-state index in [9.17, 15) is 17.6 Å². The lowest BCUT2D eigenvalue weighted by atomic mass is 9.94. The number of nitrogens with two attached hydrogens (primary N) is 1. The topological polar surface area (TPSA) is 140 Å². The number of aromatic nitrogens is 2. The predicted molar refractivity (Wildman–Crippen MR) is 113 cm³/mol. The molecule has 0 aliphatic heterocycles. The van der Waals surface area contributed by atoms with Crippen molar-refractivity contribution < 1.29 is 22.1 Å². The summed E-state index contributed by atoms with van der Waals surface area (Å²) in [7, 11) is -3.90. The number of nitrogens with one attached hydrogen (secondary N) is 2. The van der Waals surface area contributed by atoms with E-state index in [1.165, 1.54) is 50.2 Å². The van der Waals surface area contributed by atoms with E-state index in [0.717, 1.165) is 0 Å². The summed E-state index contributed by atoms with van der Waals surface area (Å²) in [4.78, 5) is 16.1. The van der Waals surface area contributed by atoms with Crippen LogP contribution in [0.4, 0.5) is 15.8 Å². The van der Waals surface area contributed by atoms with Crippen LogP contribution < -0.4 is 15.8 Å². The third-order valence-corrected chi connectivity index (χ3v) is 5.77. The highest BCUT2D eigenvalue weighted by Crippen LogP contribution is 2.24. The summed E-state index contributed by atoms with van der Waals surface area (Å²) in [6.45, 7) is 2.26. The molecule has 2 aromatic carbocycles. The van der Waals surface area contributed by atoms with Crippen molar-refractivity contribution >= 4 is 27.3 Å². The van der Waals surface area contributed by atoms with Gasteiger partial charge in [0, 0.05) is 16.9 Å². The number of amides is 1. The summed E-state index contributed by atoms with van der Waals surface area (Å²) in [6, 6.07) is 12.1. The summed E-state index contributed by atoms with van der Waals surface area (Å²) in [6.07, 6.45) is 0. The quantitative estimate of drug-likeness (QED) is 0.482. The van der Waals surface area contributed by atoms with Gasteiger partial charge in [0.25, 0.3) is 10.0 Å². The molecule has 1 heterocycles. The number of carbonyl (C=O) groups is 1. The molecule has 0 bridgehead atoms. The van der Waals surface area contributed by atoms with E-state index in [1.807, 2.05) is 0 Å². The van der Waals surface area contributed by atoms with Gasteiger partial charge in [-0.3, -0.25) is 9.52 Å². The predicted octanol–water partition coefficient (Wildman–Crippen LogP) is 2.93. The summed E-state index contributed by atoms with van der Waals surface area (Å²) in [5, 5.41) is 6.38. The molecule has 3 aromatic rings. The molecule has 1 amide bonds. The van der Waals surface area contributed by atoms with Crippen molar-refractivity contribution in [1.82, 2.24) is 10.1 Å². The zero-order valence-electron chi connectivity index (χ0n) is 16.9. The van der Waals surface area contributed by atoms with Gasteiger partial charge in [-0.1, -0.05) is 17.3 Å². The minimum Gasteiger partial charge on any atom is -0.338 e. The SMILES string of the molecule is CC(C)(CF)C(=O)Nc1ccc(NS(=O)(=O)c2cccc(-c3noc(CN)n3)c2)cc1. The highest BCUT2D eigenvalue weighted by atomic mass is 32.2. The molecule has 0 fully saturated rings. The molecule has 0 unspecified atom stereocenters. The number of benzene rings is 2. The van der Waals surface area contributed by atoms with Crippen LogP contribution >= 0.6 is 0 Å². The van der Waals surface area contributed by atoms with Crippen molar-refractivity contribution in [3.05, 3.63) is 54.4 Å². The number of alkyl halides is 1. The molecule has 0 aliphatic carbocycles. The van der Waals surface area contributed by atoms with Crippen molar-refractivity contribution in [3.8, 4) is 11.4 Å². The van der Waals surface area contributed by atoms with Crippen LogP contribution in [0.2, 0.25) is 0 Å². The first kappa shape index (κ1) is 22.4. The zero-order chi connectivity index (χ0) is 22.6. The number of sulfonamides is 1. The molecule has 164 valence electrons. The number of hydrogen-bond donors (Lipinski definition) is 3. The third-order valence-electron chi connectivity index (χ3n) is 4.39. The van der Waals surface area contributed by atoms with Gasteiger partial charge in [0.15, 0.2) is 0 Å². The molecule has 31 heavy (non-hydrogen) atoms. The lowest BCUT2D eigenvalue weighted by molar-refractivity contribution is -0.124. The Morgan fingerprint density at radius 3 is 2.45 bits per heavy atom. The number of nitrogens with zero attached hydrogens (tertiary/aromatic N) is 2. The molecule has 0 atom stereocenters. The van der Waals surface area contributed by atoms with Crippen LogP contribution in [0, 0.1) is 5.41 Å². The molecule has 0 saturated carbocycles. The van der Waals surface area contributed by atoms with Crippen LogP contribution in [0.1, 0.15) is 19.7 Å². The Hall–Kier alpha value is -3.31. The first-order valence-electron chi connectivity index (χ1n) is 9.28. The summed E-state index contributed by atoms with van der Waals surface area (Å²) < 4.78 is 45.9. The third kappa shape index (κ3) is 5.25. The molecule has 3 rings (SSSR count). The molecule has 4 N–H and O–H groups in total. The fourth-order valence-corrected chi connectivity index (χ4v) is 3.56. The van der Waals surface area contributed by atoms with Gasteiger partial charge in [0.1, 0.15) is 6.67 Å². The van der Waals surface area contributed by atoms with Gasteiger partial charge in [0.2, 0.25) is 17.6 Å². The standard InChI is InChI=1S/C20H22FN5O4S/c1-20(2,12-21)19(27)23-14-6-8-15(9-7-14)26-31(28,29)16-5-3-4-13(10-16)18-24-17(11-22)30-25-18/h3-10,26H,11-12,22H2,1-2H3,(H,23,27). The average Bonchev–Trinajstić information content (AvgIpc) is 3.24. The molecule has 1 aromatic heterocycles. The maximum Gasteiger partial charge on any atom is 0.261 e. The zero-order valence-corrected chi connectivity index (χ0v) is 17.7. The second-order valence-corrected chi connectivity index (χ2v) is 9.08. The van der Waals surface area contributed by atoms with Gasteiger partial charge in [-0.2, -0.15) is 4.98 Å². The van der Waals surface area contributed by atoms with Crippen molar-refractivity contribution in [2.24, 2.45) is 11.1 Å². The van der Waals surface area contributed by atoms with Crippen molar-refractivity contribution in [3.63, 3.8) is 0 Å². The molecule has 0 aliphatic rings. The van der Waals surface area contributed by atoms with Crippen LogP contribution in [0.5, 0.6) is 0 Å². The minimum atomic E-state index is -3.90.